The largest absolute Gasteiger partial charge is 0.395 e. The molecule has 2 aliphatic rings. The Kier molecular flexibility index (Phi) is 6.61. The van der Waals surface area contributed by atoms with Gasteiger partial charge < -0.3 is 10.0 Å². The molecule has 27 heavy (non-hydrogen) atoms. The predicted molar refractivity (Wildman–Crippen MR) is 102 cm³/mol. The summed E-state index contributed by atoms with van der Waals surface area (Å²) in [5.74, 6) is 0.168. The number of hydrogen-bond acceptors (Lipinski definition) is 3. The van der Waals surface area contributed by atoms with Gasteiger partial charge in [0.25, 0.3) is 0 Å². The highest BCUT2D eigenvalue weighted by Gasteiger charge is 2.49. The fourth-order valence-corrected chi connectivity index (χ4v) is 4.52. The summed E-state index contributed by atoms with van der Waals surface area (Å²) in [6.45, 7) is 4.38. The minimum atomic E-state index is -4.11. The molecule has 0 radical (unpaired) electrons. The van der Waals surface area contributed by atoms with Gasteiger partial charge in [-0.25, -0.2) is 0 Å². The number of aliphatic hydroxyl groups excluding tert-OH is 1. The van der Waals surface area contributed by atoms with Crippen molar-refractivity contribution in [2.45, 2.75) is 50.4 Å². The minimum Gasteiger partial charge on any atom is -0.395 e. The van der Waals surface area contributed by atoms with E-state index in [1.165, 1.54) is 5.56 Å². The van der Waals surface area contributed by atoms with Gasteiger partial charge in [0.1, 0.15) is 0 Å². The van der Waals surface area contributed by atoms with E-state index in [1.807, 2.05) is 24.0 Å². The van der Waals surface area contributed by atoms with Crippen LogP contribution in [0.5, 0.6) is 0 Å². The van der Waals surface area contributed by atoms with Gasteiger partial charge in [-0.05, 0) is 44.0 Å². The van der Waals surface area contributed by atoms with Crippen molar-refractivity contribution in [3.05, 3.63) is 41.5 Å². The van der Waals surface area contributed by atoms with Crippen LogP contribution >= 0.6 is 0 Å². The molecule has 6 heteroatoms. The zero-order chi connectivity index (χ0) is 19.4. The molecule has 3 rings (SSSR count). The summed E-state index contributed by atoms with van der Waals surface area (Å²) in [7, 11) is 0. The van der Waals surface area contributed by atoms with Crippen LogP contribution in [0.1, 0.15) is 43.2 Å². The molecule has 0 spiro atoms. The van der Waals surface area contributed by atoms with Gasteiger partial charge in [0, 0.05) is 31.1 Å². The van der Waals surface area contributed by atoms with Crippen molar-refractivity contribution >= 4 is 6.08 Å². The summed E-state index contributed by atoms with van der Waals surface area (Å²) in [5, 5.41) is 9.92. The maximum atomic E-state index is 12.7. The first kappa shape index (κ1) is 20.4. The van der Waals surface area contributed by atoms with Gasteiger partial charge in [0.15, 0.2) is 0 Å². The van der Waals surface area contributed by atoms with Crippen molar-refractivity contribution in [1.82, 2.24) is 9.80 Å². The molecule has 2 saturated heterocycles. The first-order chi connectivity index (χ1) is 12.9. The van der Waals surface area contributed by atoms with Gasteiger partial charge in [-0.1, -0.05) is 36.4 Å². The number of halogens is 3. The van der Waals surface area contributed by atoms with Crippen LogP contribution in [0.4, 0.5) is 13.2 Å². The maximum Gasteiger partial charge on any atom is 0.390 e. The molecule has 2 aliphatic heterocycles. The summed E-state index contributed by atoms with van der Waals surface area (Å²) in [4.78, 5) is 4.25. The Morgan fingerprint density at radius 2 is 1.85 bits per heavy atom. The SMILES string of the molecule is CC=Cc1ccc([C@H]2[C@@H](CO)N3CCCCN(CCC(F)(F)F)C[C@@H]23)cc1. The van der Waals surface area contributed by atoms with Gasteiger partial charge >= 0.3 is 6.18 Å². The van der Waals surface area contributed by atoms with Crippen molar-refractivity contribution in [1.29, 1.82) is 0 Å². The number of hydrogen-bond donors (Lipinski definition) is 1. The van der Waals surface area contributed by atoms with Crippen LogP contribution in [-0.2, 0) is 0 Å². The Morgan fingerprint density at radius 3 is 2.48 bits per heavy atom. The zero-order valence-corrected chi connectivity index (χ0v) is 15.8. The summed E-state index contributed by atoms with van der Waals surface area (Å²) in [6.07, 6.45) is 1.02. The highest BCUT2D eigenvalue weighted by atomic mass is 19.4. The van der Waals surface area contributed by atoms with Crippen molar-refractivity contribution in [3.63, 3.8) is 0 Å². The van der Waals surface area contributed by atoms with Crippen LogP contribution in [0.2, 0.25) is 0 Å². The standard InChI is InChI=1S/C21H29F3N2O/c1-2-5-16-6-8-17(9-7-16)20-18-14-25(13-10-21(22,23)24)11-3-4-12-26(18)19(20)15-27/h2,5-9,18-20,27H,3-4,10-15H2,1H3/t18-,19+,20+/m0/s1. The summed E-state index contributed by atoms with van der Waals surface area (Å²) in [6, 6.07) is 8.55. The molecule has 0 aromatic heterocycles. The van der Waals surface area contributed by atoms with Crippen molar-refractivity contribution in [2.24, 2.45) is 0 Å². The Morgan fingerprint density at radius 1 is 1.15 bits per heavy atom. The van der Waals surface area contributed by atoms with E-state index >= 15 is 0 Å². The van der Waals surface area contributed by atoms with Crippen molar-refractivity contribution < 1.29 is 18.3 Å². The average Bonchev–Trinajstić information content (AvgIpc) is 2.60. The lowest BCUT2D eigenvalue weighted by Gasteiger charge is -2.57. The lowest BCUT2D eigenvalue weighted by atomic mass is 9.74. The molecule has 2 heterocycles. The predicted octanol–water partition coefficient (Wildman–Crippen LogP) is 3.90. The first-order valence-electron chi connectivity index (χ1n) is 9.81. The number of fused-ring (bicyclic) bond motifs is 1. The van der Waals surface area contributed by atoms with Crippen LogP contribution in [0, 0.1) is 0 Å². The van der Waals surface area contributed by atoms with E-state index in [0.717, 1.165) is 31.5 Å². The van der Waals surface area contributed by atoms with Gasteiger partial charge in [0.05, 0.1) is 13.0 Å². The lowest BCUT2D eigenvalue weighted by Crippen LogP contribution is -2.67. The number of alkyl halides is 3. The second-order valence-corrected chi connectivity index (χ2v) is 7.62. The molecule has 0 saturated carbocycles. The third-order valence-corrected chi connectivity index (χ3v) is 5.85. The minimum absolute atomic E-state index is 0.0601. The number of allylic oxidation sites excluding steroid dienone is 1. The average molecular weight is 382 g/mol. The van der Waals surface area contributed by atoms with Crippen molar-refractivity contribution in [2.75, 3.05) is 32.8 Å². The van der Waals surface area contributed by atoms with Gasteiger partial charge in [-0.3, -0.25) is 4.90 Å². The van der Waals surface area contributed by atoms with Gasteiger partial charge in [-0.2, -0.15) is 13.2 Å². The van der Waals surface area contributed by atoms with Gasteiger partial charge in [-0.15, -0.1) is 0 Å². The van der Waals surface area contributed by atoms with Gasteiger partial charge in [0.2, 0.25) is 0 Å². The number of aliphatic hydroxyl groups is 1. The topological polar surface area (TPSA) is 26.7 Å². The lowest BCUT2D eigenvalue weighted by molar-refractivity contribution is -0.140. The maximum absolute atomic E-state index is 12.7. The molecular formula is C21H29F3N2O. The molecule has 0 bridgehead atoms. The number of benzene rings is 1. The highest BCUT2D eigenvalue weighted by Crippen LogP contribution is 2.42. The molecule has 1 aromatic rings. The summed E-state index contributed by atoms with van der Waals surface area (Å²) >= 11 is 0. The number of rotatable bonds is 5. The van der Waals surface area contributed by atoms with E-state index in [9.17, 15) is 18.3 Å². The van der Waals surface area contributed by atoms with E-state index in [0.29, 0.717) is 6.54 Å². The molecule has 1 N–H and O–H groups in total. The van der Waals surface area contributed by atoms with Crippen molar-refractivity contribution in [3.8, 4) is 0 Å². The fourth-order valence-electron chi connectivity index (χ4n) is 4.52. The second-order valence-electron chi connectivity index (χ2n) is 7.62. The van der Waals surface area contributed by atoms with Crippen LogP contribution < -0.4 is 0 Å². The molecular weight excluding hydrogens is 353 g/mol. The zero-order valence-electron chi connectivity index (χ0n) is 15.8. The monoisotopic (exact) mass is 382 g/mol. The molecule has 0 aliphatic carbocycles. The van der Waals surface area contributed by atoms with E-state index in [2.05, 4.69) is 29.2 Å². The fraction of sp³-hybridized carbons (Fsp3) is 0.619. The smallest absolute Gasteiger partial charge is 0.390 e. The van der Waals surface area contributed by atoms with E-state index in [-0.39, 0.29) is 31.2 Å². The third-order valence-electron chi connectivity index (χ3n) is 5.85. The number of nitrogens with zero attached hydrogens (tertiary/aromatic N) is 2. The van der Waals surface area contributed by atoms with Crippen LogP contribution in [0.15, 0.2) is 30.3 Å². The highest BCUT2D eigenvalue weighted by molar-refractivity contribution is 5.50. The Balaban J connectivity index is 1.75. The first-order valence-corrected chi connectivity index (χ1v) is 9.81. The van der Waals surface area contributed by atoms with E-state index in [1.54, 1.807) is 0 Å². The Hall–Kier alpha value is -1.37. The molecule has 0 unspecified atom stereocenters. The third kappa shape index (κ3) is 4.92. The Bertz CT molecular complexity index is 629. The van der Waals surface area contributed by atoms with Crippen LogP contribution in [-0.4, -0.2) is 66.0 Å². The molecule has 150 valence electrons. The second kappa shape index (κ2) is 8.76. The Labute approximate surface area is 159 Å². The van der Waals surface area contributed by atoms with Crippen LogP contribution in [0.3, 0.4) is 0 Å². The van der Waals surface area contributed by atoms with E-state index in [4.69, 9.17) is 0 Å². The summed E-state index contributed by atoms with van der Waals surface area (Å²) < 4.78 is 38.0. The molecule has 2 fully saturated rings. The molecule has 3 nitrogen and oxygen atoms in total. The molecule has 1 aromatic carbocycles. The normalized spacial score (nSPS) is 27.8. The molecule has 0 amide bonds. The quantitative estimate of drug-likeness (QED) is 0.837. The summed E-state index contributed by atoms with van der Waals surface area (Å²) in [5.41, 5.74) is 2.29. The molecule has 3 atom stereocenters. The van der Waals surface area contributed by atoms with Crippen LogP contribution in [0.25, 0.3) is 6.08 Å². The van der Waals surface area contributed by atoms with E-state index < -0.39 is 12.6 Å².